The normalized spacial score (nSPS) is 24.4. The van der Waals surface area contributed by atoms with Gasteiger partial charge in [0.15, 0.2) is 5.78 Å². The molecule has 2 fully saturated rings. The molecule has 2 saturated heterocycles. The molecule has 3 aliphatic rings. The molecule has 0 aliphatic carbocycles. The highest BCUT2D eigenvalue weighted by Gasteiger charge is 2.64. The van der Waals surface area contributed by atoms with Crippen LogP contribution in [0.25, 0.3) is 0 Å². The molecule has 2 aromatic carbocycles. The maximum absolute atomic E-state index is 16.2. The number of amides is 5. The standard InChI is InChI=1S/C66H93ClFN5O16/c1-14-44(15-2)63(81)86-39(6)21-16-17-22-45(74)33-47(37(3)4)60(78)71-49(23-19-27-70-64(69)82)51(75)31-42-25-26-46(48(68)29-42)61(79)72(10)41(8)62(80)88-55-34-56(76)73(11)50-30-43(32-52(84-12)58(50)67)28-38(5)20-18-24-54(85-13)66(83)35-53(87-57(77)36-66)40(7)59-65(55,9)89-59/h18,20,24-26,29-30,32,37,39-41,44,47,49,53-55,59,83H,14-17,19,21-23,27-28,31,33-36H2,1-13H3,(H,71,78)(H3,69,70,82)/b24-18+,38-20+/t39?,40-,41+,47+,49+,53+,54-,55+,59+,65+,66-/m1/s1. The highest BCUT2D eigenvalue weighted by Crippen LogP contribution is 2.50. The summed E-state index contributed by atoms with van der Waals surface area (Å²) in [6.07, 6.45) is 3.64. The second-order valence-electron chi connectivity index (χ2n) is 24.7. The molecule has 89 heavy (non-hydrogen) atoms. The predicted molar refractivity (Wildman–Crippen MR) is 331 cm³/mol. The fourth-order valence-corrected chi connectivity index (χ4v) is 11.9. The third-order valence-corrected chi connectivity index (χ3v) is 17.9. The third-order valence-electron chi connectivity index (χ3n) is 17.6. The summed E-state index contributed by atoms with van der Waals surface area (Å²) in [5.74, 6) is -7.14. The summed E-state index contributed by atoms with van der Waals surface area (Å²) < 4.78 is 51.5. The van der Waals surface area contributed by atoms with Crippen LogP contribution >= 0.6 is 11.6 Å². The van der Waals surface area contributed by atoms with E-state index in [9.17, 15) is 48.3 Å². The zero-order valence-electron chi connectivity index (χ0n) is 53.9. The highest BCUT2D eigenvalue weighted by molar-refractivity contribution is 6.35. The van der Waals surface area contributed by atoms with Gasteiger partial charge < -0.3 is 59.7 Å². The van der Waals surface area contributed by atoms with Crippen molar-refractivity contribution in [1.29, 1.82) is 0 Å². The van der Waals surface area contributed by atoms with E-state index >= 15 is 4.39 Å². The molecule has 23 heteroatoms. The van der Waals surface area contributed by atoms with Crippen LogP contribution in [0.15, 0.2) is 54.1 Å². The van der Waals surface area contributed by atoms with Crippen molar-refractivity contribution in [3.8, 4) is 5.75 Å². The lowest BCUT2D eigenvalue weighted by molar-refractivity contribution is -0.187. The van der Waals surface area contributed by atoms with Gasteiger partial charge in [-0.3, -0.25) is 33.6 Å². The number of nitrogens with two attached hydrogens (primary N) is 1. The number of Topliss-reactive ketones (excluding diaryl/α,β-unsaturated/α-hetero) is 2. The summed E-state index contributed by atoms with van der Waals surface area (Å²) in [6.45, 7) is 16.0. The number of benzene rings is 2. The van der Waals surface area contributed by atoms with Crippen LogP contribution in [-0.4, -0.2) is 152 Å². The number of unbranched alkanes of at least 4 members (excludes halogenated alkanes) is 1. The van der Waals surface area contributed by atoms with Crippen molar-refractivity contribution in [1.82, 2.24) is 15.5 Å². The minimum atomic E-state index is -1.69. The van der Waals surface area contributed by atoms with Crippen LogP contribution in [-0.2, 0) is 70.1 Å². The highest BCUT2D eigenvalue weighted by atomic mass is 35.5. The van der Waals surface area contributed by atoms with E-state index < -0.39 is 119 Å². The van der Waals surface area contributed by atoms with Gasteiger partial charge in [-0.05, 0) is 120 Å². The van der Waals surface area contributed by atoms with Crippen molar-refractivity contribution in [3.63, 3.8) is 0 Å². The molecule has 2 aromatic rings. The summed E-state index contributed by atoms with van der Waals surface area (Å²) in [4.78, 5) is 124. The molecule has 5 N–H and O–H groups in total. The van der Waals surface area contributed by atoms with E-state index in [-0.39, 0.29) is 91.8 Å². The Morgan fingerprint density at radius 1 is 0.989 bits per heavy atom. The Labute approximate surface area is 527 Å². The van der Waals surface area contributed by atoms with Crippen LogP contribution in [0, 0.1) is 29.5 Å². The molecular formula is C66H93ClFN5O16. The van der Waals surface area contributed by atoms with Gasteiger partial charge in [0.1, 0.15) is 57.9 Å². The number of ketones is 2. The number of carbonyl (C=O) groups is 9. The number of anilines is 1. The van der Waals surface area contributed by atoms with Gasteiger partial charge in [-0.2, -0.15) is 0 Å². The van der Waals surface area contributed by atoms with Crippen LogP contribution in [0.2, 0.25) is 5.02 Å². The van der Waals surface area contributed by atoms with Crippen LogP contribution in [0.5, 0.6) is 5.75 Å². The number of primary amides is 1. The number of carbonyl (C=O) groups excluding carboxylic acids is 9. The summed E-state index contributed by atoms with van der Waals surface area (Å²) in [5, 5.41) is 17.4. The number of halogens is 2. The smallest absolute Gasteiger partial charge is 0.328 e. The Morgan fingerprint density at radius 3 is 2.31 bits per heavy atom. The van der Waals surface area contributed by atoms with E-state index in [4.69, 9.17) is 45.8 Å². The number of hydrogen-bond acceptors (Lipinski definition) is 16. The first-order chi connectivity index (χ1) is 41.9. The van der Waals surface area contributed by atoms with Crippen LogP contribution < -0.4 is 26.0 Å². The van der Waals surface area contributed by atoms with E-state index in [2.05, 4.69) is 10.6 Å². The number of allylic oxidation sites excluding steroid dienone is 3. The van der Waals surface area contributed by atoms with Crippen molar-refractivity contribution in [2.75, 3.05) is 39.8 Å². The number of fused-ring (bicyclic) bond motifs is 5. The van der Waals surface area contributed by atoms with Gasteiger partial charge in [0.05, 0.1) is 55.4 Å². The average Bonchev–Trinajstić information content (AvgIpc) is 1.59. The molecule has 21 nitrogen and oxygen atoms in total. The van der Waals surface area contributed by atoms with Crippen molar-refractivity contribution in [2.45, 2.75) is 206 Å². The summed E-state index contributed by atoms with van der Waals surface area (Å²) >= 11 is 6.85. The summed E-state index contributed by atoms with van der Waals surface area (Å²) in [5.41, 5.74) is 3.80. The maximum Gasteiger partial charge on any atom is 0.328 e. The van der Waals surface area contributed by atoms with Gasteiger partial charge in [0.25, 0.3) is 5.91 Å². The second-order valence-corrected chi connectivity index (χ2v) is 25.1. The van der Waals surface area contributed by atoms with Crippen molar-refractivity contribution >= 4 is 70.5 Å². The predicted octanol–water partition coefficient (Wildman–Crippen LogP) is 8.42. The number of methoxy groups -OCH3 is 2. The van der Waals surface area contributed by atoms with Gasteiger partial charge in [0.2, 0.25) is 11.8 Å². The van der Waals surface area contributed by atoms with Gasteiger partial charge in [-0.1, -0.05) is 76.1 Å². The van der Waals surface area contributed by atoms with E-state index in [0.29, 0.717) is 50.0 Å². The first-order valence-electron chi connectivity index (χ1n) is 30.9. The minimum Gasteiger partial charge on any atom is -0.495 e. The molecule has 3 aliphatic heterocycles. The van der Waals surface area contributed by atoms with Crippen LogP contribution in [0.4, 0.5) is 14.9 Å². The molecule has 0 spiro atoms. The van der Waals surface area contributed by atoms with Crippen LogP contribution in [0.1, 0.15) is 161 Å². The summed E-state index contributed by atoms with van der Waals surface area (Å²) in [7, 11) is 5.66. The minimum absolute atomic E-state index is 0.0425. The van der Waals surface area contributed by atoms with E-state index in [0.717, 1.165) is 22.1 Å². The number of rotatable bonds is 27. The molecule has 0 radical (unpaired) electrons. The molecule has 5 amide bonds. The lowest BCUT2D eigenvalue weighted by Gasteiger charge is -2.41. The molecule has 492 valence electrons. The molecule has 3 heterocycles. The van der Waals surface area contributed by atoms with Gasteiger partial charge in [0, 0.05) is 65.3 Å². The summed E-state index contributed by atoms with van der Waals surface area (Å²) in [6, 6.07) is 3.74. The fourth-order valence-electron chi connectivity index (χ4n) is 11.6. The molecule has 5 rings (SSSR count). The average molecular weight is 1270 g/mol. The number of esters is 3. The molecular weight excluding hydrogens is 1170 g/mol. The Bertz CT molecular complexity index is 2950. The van der Waals surface area contributed by atoms with E-state index in [1.807, 2.05) is 33.8 Å². The number of likely N-dealkylation sites (N-methyl/N-ethyl adjacent to an activating group) is 1. The Kier molecular flexibility index (Phi) is 26.9. The Morgan fingerprint density at radius 2 is 1.69 bits per heavy atom. The third kappa shape index (κ3) is 19.6. The first kappa shape index (κ1) is 73.0. The van der Waals surface area contributed by atoms with E-state index in [1.165, 1.54) is 52.3 Å². The number of aliphatic hydroxyl groups is 1. The zero-order valence-corrected chi connectivity index (χ0v) is 54.6. The van der Waals surface area contributed by atoms with Crippen molar-refractivity contribution in [3.05, 3.63) is 81.7 Å². The Hall–Kier alpha value is -6.75. The quantitative estimate of drug-likeness (QED) is 0.0282. The first-order valence-corrected chi connectivity index (χ1v) is 31.2. The van der Waals surface area contributed by atoms with Gasteiger partial charge in [-0.25, -0.2) is 14.0 Å². The number of nitrogens with zero attached hydrogens (tertiary/aromatic N) is 2. The number of urea groups is 1. The Balaban J connectivity index is 1.32. The number of ether oxygens (including phenoxy) is 6. The SMILES string of the molecule is CCC(CC)C(=O)OC(C)CCCCC(=O)C[C@H](C(=O)N[C@@H](CCCNC(N)=O)C(=O)Cc1ccc(C(=O)N(C)[C@@H](C)C(=O)O[C@H]2CC(=O)N(C)c3cc(cc(OC)c3Cl)C/C(C)=C/C=C/[C@@H](OC)[C@]3(O)CC(=O)O[C@@H](C3)[C@@H](C)[C@@H]3O[C@@]23C)c(F)c1)C(C)C. The lowest BCUT2D eigenvalue weighted by atomic mass is 9.78. The van der Waals surface area contributed by atoms with Crippen molar-refractivity contribution in [2.24, 2.45) is 29.4 Å². The van der Waals surface area contributed by atoms with Gasteiger partial charge in [-0.15, -0.1) is 0 Å². The molecule has 4 bridgehead atoms. The maximum atomic E-state index is 16.2. The lowest BCUT2D eigenvalue weighted by Crippen LogP contribution is -2.53. The molecule has 1 unspecified atom stereocenters. The van der Waals surface area contributed by atoms with Crippen molar-refractivity contribution < 1.29 is 81.1 Å². The fraction of sp³-hybridized carbons (Fsp3) is 0.621. The number of epoxide rings is 1. The largest absolute Gasteiger partial charge is 0.495 e. The number of nitrogens with one attached hydrogen (secondary N) is 2. The number of hydrogen-bond donors (Lipinski definition) is 4. The topological polar surface area (TPSA) is 289 Å². The van der Waals surface area contributed by atoms with Crippen LogP contribution in [0.3, 0.4) is 0 Å². The zero-order chi connectivity index (χ0) is 66.2. The molecule has 11 atom stereocenters. The van der Waals surface area contributed by atoms with Gasteiger partial charge >= 0.3 is 23.9 Å². The van der Waals surface area contributed by atoms with E-state index in [1.54, 1.807) is 52.0 Å². The monoisotopic (exact) mass is 1270 g/mol. The molecule has 0 aromatic heterocycles. The second kappa shape index (κ2) is 32.8. The molecule has 0 saturated carbocycles.